The van der Waals surface area contributed by atoms with Crippen molar-refractivity contribution < 1.29 is 14.3 Å². The Balaban J connectivity index is 2.33. The smallest absolute Gasteiger partial charge is 0.317 e. The van der Waals surface area contributed by atoms with Crippen LogP contribution in [0.25, 0.3) is 0 Å². The standard InChI is InChI=1S/C14H22N2O3/c1-4-16(5-2)14(17)15-10-11-19-13-9-7-6-8-12(13)18-3/h6-9H,4-5,10-11H2,1-3H3,(H,15,17). The number of rotatable bonds is 7. The molecule has 0 bridgehead atoms. The van der Waals surface area contributed by atoms with Crippen molar-refractivity contribution in [3.8, 4) is 11.5 Å². The maximum absolute atomic E-state index is 11.7. The fourth-order valence-electron chi connectivity index (χ4n) is 1.68. The molecule has 0 atom stereocenters. The Morgan fingerprint density at radius 1 is 1.21 bits per heavy atom. The van der Waals surface area contributed by atoms with Gasteiger partial charge in [0, 0.05) is 13.1 Å². The molecule has 0 saturated carbocycles. The fourth-order valence-corrected chi connectivity index (χ4v) is 1.68. The summed E-state index contributed by atoms with van der Waals surface area (Å²) in [5.41, 5.74) is 0. The Bertz CT molecular complexity index is 392. The first-order chi connectivity index (χ1) is 9.22. The second-order valence-electron chi connectivity index (χ2n) is 3.90. The van der Waals surface area contributed by atoms with Gasteiger partial charge >= 0.3 is 6.03 Å². The molecule has 106 valence electrons. The Hall–Kier alpha value is -1.91. The van der Waals surface area contributed by atoms with Gasteiger partial charge in [-0.05, 0) is 26.0 Å². The van der Waals surface area contributed by atoms with Crippen molar-refractivity contribution in [2.24, 2.45) is 0 Å². The molecule has 0 unspecified atom stereocenters. The third-order valence-electron chi connectivity index (χ3n) is 2.76. The Kier molecular flexibility index (Phi) is 6.57. The van der Waals surface area contributed by atoms with Crippen molar-refractivity contribution in [2.45, 2.75) is 13.8 Å². The summed E-state index contributed by atoms with van der Waals surface area (Å²) in [5, 5.41) is 2.81. The number of nitrogens with one attached hydrogen (secondary N) is 1. The quantitative estimate of drug-likeness (QED) is 0.769. The molecule has 5 heteroatoms. The zero-order valence-electron chi connectivity index (χ0n) is 11.8. The fraction of sp³-hybridized carbons (Fsp3) is 0.500. The van der Waals surface area contributed by atoms with E-state index >= 15 is 0 Å². The summed E-state index contributed by atoms with van der Waals surface area (Å²) < 4.78 is 10.7. The molecule has 0 fully saturated rings. The normalized spacial score (nSPS) is 9.84. The SMILES string of the molecule is CCN(CC)C(=O)NCCOc1ccccc1OC. The highest BCUT2D eigenvalue weighted by Gasteiger charge is 2.08. The minimum atomic E-state index is -0.0615. The number of para-hydroxylation sites is 2. The monoisotopic (exact) mass is 266 g/mol. The van der Waals surface area contributed by atoms with Gasteiger partial charge in [0.2, 0.25) is 0 Å². The number of hydrogen-bond acceptors (Lipinski definition) is 3. The molecule has 1 N–H and O–H groups in total. The lowest BCUT2D eigenvalue weighted by atomic mass is 10.3. The summed E-state index contributed by atoms with van der Waals surface area (Å²) in [4.78, 5) is 13.4. The van der Waals surface area contributed by atoms with E-state index in [4.69, 9.17) is 9.47 Å². The van der Waals surface area contributed by atoms with Crippen LogP contribution in [0.5, 0.6) is 11.5 Å². The minimum absolute atomic E-state index is 0.0615. The van der Waals surface area contributed by atoms with Crippen LogP contribution < -0.4 is 14.8 Å². The number of carbonyl (C=O) groups is 1. The number of methoxy groups -OCH3 is 1. The average molecular weight is 266 g/mol. The summed E-state index contributed by atoms with van der Waals surface area (Å²) >= 11 is 0. The molecule has 0 aromatic heterocycles. The molecular weight excluding hydrogens is 244 g/mol. The van der Waals surface area contributed by atoms with Crippen LogP contribution in [0.3, 0.4) is 0 Å². The van der Waals surface area contributed by atoms with Crippen LogP contribution in [0.4, 0.5) is 4.79 Å². The highest BCUT2D eigenvalue weighted by molar-refractivity contribution is 5.74. The lowest BCUT2D eigenvalue weighted by Gasteiger charge is -2.19. The first-order valence-corrected chi connectivity index (χ1v) is 6.51. The van der Waals surface area contributed by atoms with Gasteiger partial charge in [-0.15, -0.1) is 0 Å². The van der Waals surface area contributed by atoms with E-state index in [1.807, 2.05) is 38.1 Å². The molecule has 0 radical (unpaired) electrons. The highest BCUT2D eigenvalue weighted by Crippen LogP contribution is 2.25. The highest BCUT2D eigenvalue weighted by atomic mass is 16.5. The average Bonchev–Trinajstić information content (AvgIpc) is 2.45. The number of carbonyl (C=O) groups excluding carboxylic acids is 1. The molecule has 0 saturated heterocycles. The van der Waals surface area contributed by atoms with E-state index in [-0.39, 0.29) is 6.03 Å². The van der Waals surface area contributed by atoms with Gasteiger partial charge in [-0.3, -0.25) is 0 Å². The van der Waals surface area contributed by atoms with Gasteiger partial charge in [-0.1, -0.05) is 12.1 Å². The Morgan fingerprint density at radius 2 is 1.84 bits per heavy atom. The lowest BCUT2D eigenvalue weighted by molar-refractivity contribution is 0.199. The van der Waals surface area contributed by atoms with Crippen LogP contribution >= 0.6 is 0 Å². The first-order valence-electron chi connectivity index (χ1n) is 6.51. The van der Waals surface area contributed by atoms with Crippen molar-refractivity contribution in [2.75, 3.05) is 33.4 Å². The van der Waals surface area contributed by atoms with E-state index in [0.29, 0.717) is 37.7 Å². The third kappa shape index (κ3) is 4.69. The number of urea groups is 1. The topological polar surface area (TPSA) is 50.8 Å². The molecule has 2 amide bonds. The van der Waals surface area contributed by atoms with Crippen molar-refractivity contribution >= 4 is 6.03 Å². The Morgan fingerprint density at radius 3 is 2.42 bits per heavy atom. The summed E-state index contributed by atoms with van der Waals surface area (Å²) in [7, 11) is 1.60. The molecule has 1 rings (SSSR count). The number of benzene rings is 1. The molecule has 0 aliphatic rings. The molecular formula is C14H22N2O3. The lowest BCUT2D eigenvalue weighted by Crippen LogP contribution is -2.41. The van der Waals surface area contributed by atoms with Crippen LogP contribution in [0.15, 0.2) is 24.3 Å². The molecule has 1 aromatic rings. The Labute approximate surface area is 114 Å². The van der Waals surface area contributed by atoms with E-state index in [1.165, 1.54) is 0 Å². The summed E-state index contributed by atoms with van der Waals surface area (Å²) in [6.07, 6.45) is 0. The van der Waals surface area contributed by atoms with E-state index in [9.17, 15) is 4.79 Å². The van der Waals surface area contributed by atoms with Gasteiger partial charge in [-0.25, -0.2) is 4.79 Å². The molecule has 0 aliphatic heterocycles. The van der Waals surface area contributed by atoms with E-state index in [0.717, 1.165) is 0 Å². The van der Waals surface area contributed by atoms with Gasteiger partial charge in [0.05, 0.1) is 13.7 Å². The number of hydrogen-bond donors (Lipinski definition) is 1. The maximum Gasteiger partial charge on any atom is 0.317 e. The van der Waals surface area contributed by atoms with Gasteiger partial charge in [-0.2, -0.15) is 0 Å². The zero-order chi connectivity index (χ0) is 14.1. The second-order valence-corrected chi connectivity index (χ2v) is 3.90. The van der Waals surface area contributed by atoms with Crippen molar-refractivity contribution in [1.82, 2.24) is 10.2 Å². The zero-order valence-corrected chi connectivity index (χ0v) is 11.8. The van der Waals surface area contributed by atoms with Crippen LogP contribution in [0, 0.1) is 0 Å². The summed E-state index contributed by atoms with van der Waals surface area (Å²) in [6.45, 7) is 6.19. The van der Waals surface area contributed by atoms with Crippen molar-refractivity contribution in [1.29, 1.82) is 0 Å². The van der Waals surface area contributed by atoms with Crippen LogP contribution in [-0.4, -0.2) is 44.3 Å². The number of nitrogens with zero attached hydrogens (tertiary/aromatic N) is 1. The third-order valence-corrected chi connectivity index (χ3v) is 2.76. The second kappa shape index (κ2) is 8.24. The maximum atomic E-state index is 11.7. The minimum Gasteiger partial charge on any atom is -0.493 e. The van der Waals surface area contributed by atoms with E-state index < -0.39 is 0 Å². The van der Waals surface area contributed by atoms with Crippen molar-refractivity contribution in [3.63, 3.8) is 0 Å². The molecule has 0 spiro atoms. The van der Waals surface area contributed by atoms with Gasteiger partial charge in [0.25, 0.3) is 0 Å². The van der Waals surface area contributed by atoms with Gasteiger partial charge in [0.15, 0.2) is 11.5 Å². The molecule has 0 aliphatic carbocycles. The molecule has 5 nitrogen and oxygen atoms in total. The predicted octanol–water partition coefficient (Wildman–Crippen LogP) is 2.13. The van der Waals surface area contributed by atoms with Crippen molar-refractivity contribution in [3.05, 3.63) is 24.3 Å². The number of ether oxygens (including phenoxy) is 2. The van der Waals surface area contributed by atoms with Gasteiger partial charge in [0.1, 0.15) is 6.61 Å². The van der Waals surface area contributed by atoms with E-state index in [1.54, 1.807) is 12.0 Å². The molecule has 0 heterocycles. The van der Waals surface area contributed by atoms with Crippen LogP contribution in [-0.2, 0) is 0 Å². The molecule has 19 heavy (non-hydrogen) atoms. The summed E-state index contributed by atoms with van der Waals surface area (Å²) in [5.74, 6) is 1.37. The van der Waals surface area contributed by atoms with Gasteiger partial charge < -0.3 is 19.7 Å². The molecule has 1 aromatic carbocycles. The van der Waals surface area contributed by atoms with Crippen LogP contribution in [0.1, 0.15) is 13.8 Å². The number of amides is 2. The first kappa shape index (κ1) is 15.1. The predicted molar refractivity (Wildman–Crippen MR) is 74.8 cm³/mol. The van der Waals surface area contributed by atoms with E-state index in [2.05, 4.69) is 5.32 Å². The van der Waals surface area contributed by atoms with Crippen LogP contribution in [0.2, 0.25) is 0 Å². The summed E-state index contributed by atoms with van der Waals surface area (Å²) in [6, 6.07) is 7.38. The largest absolute Gasteiger partial charge is 0.493 e.